The zero-order valence-corrected chi connectivity index (χ0v) is 27.7. The van der Waals surface area contributed by atoms with Crippen LogP contribution in [0, 0.1) is 0 Å². The number of hydrogen-bond acceptors (Lipinski definition) is 4. The molecule has 0 amide bonds. The van der Waals surface area contributed by atoms with Crippen molar-refractivity contribution in [2.24, 2.45) is 0 Å². The van der Waals surface area contributed by atoms with Crippen LogP contribution in [0.1, 0.15) is 0 Å². The van der Waals surface area contributed by atoms with E-state index in [1.54, 1.807) is 0 Å². The molecule has 2 aromatic heterocycles. The van der Waals surface area contributed by atoms with Crippen molar-refractivity contribution in [2.45, 2.75) is 0 Å². The minimum Gasteiger partial charge on any atom is -0.309 e. The van der Waals surface area contributed by atoms with Crippen molar-refractivity contribution in [3.8, 4) is 33.8 Å². The van der Waals surface area contributed by atoms with E-state index in [-0.39, 0.29) is 0 Å². The Morgan fingerprint density at radius 1 is 0.420 bits per heavy atom. The van der Waals surface area contributed by atoms with Gasteiger partial charge < -0.3 is 4.90 Å². The summed E-state index contributed by atoms with van der Waals surface area (Å²) in [5, 5.41) is 8.43. The zero-order chi connectivity index (χ0) is 32.8. The van der Waals surface area contributed by atoms with Crippen LogP contribution in [0.4, 0.5) is 17.1 Å². The second-order valence-electron chi connectivity index (χ2n) is 12.9. The number of fused-ring (bicyclic) bond motifs is 7. The van der Waals surface area contributed by atoms with E-state index in [2.05, 4.69) is 169 Å². The lowest BCUT2D eigenvalue weighted by Crippen LogP contribution is -2.15. The Kier molecular flexibility index (Phi) is 5.83. The van der Waals surface area contributed by atoms with Crippen molar-refractivity contribution in [1.82, 2.24) is 9.97 Å². The second kappa shape index (κ2) is 10.6. The third-order valence-corrected chi connectivity index (χ3v) is 11.3. The SMILES string of the molecule is c1ccc2c(c1)-c1cccc3cccc(c13)N2c1ccc(-c2nc(-c3ccc4c(c3)sc3ccccc34)c3ccccc3n2)c2ccccc12. The van der Waals surface area contributed by atoms with E-state index in [4.69, 9.17) is 9.97 Å². The van der Waals surface area contributed by atoms with Crippen molar-refractivity contribution in [2.75, 3.05) is 4.90 Å². The summed E-state index contributed by atoms with van der Waals surface area (Å²) in [6.07, 6.45) is 0. The normalized spacial score (nSPS) is 12.4. The highest BCUT2D eigenvalue weighted by atomic mass is 32.1. The Bertz CT molecular complexity index is 3010. The molecule has 3 nitrogen and oxygen atoms in total. The monoisotopic (exact) mass is 653 g/mol. The summed E-state index contributed by atoms with van der Waals surface area (Å²) in [5.74, 6) is 0.726. The molecular formula is C46H27N3S. The Balaban J connectivity index is 1.13. The molecule has 11 rings (SSSR count). The molecule has 0 aliphatic carbocycles. The van der Waals surface area contributed by atoms with E-state index in [0.29, 0.717) is 0 Å². The van der Waals surface area contributed by atoms with Crippen LogP contribution in [0.2, 0.25) is 0 Å². The zero-order valence-electron chi connectivity index (χ0n) is 26.8. The predicted octanol–water partition coefficient (Wildman–Crippen LogP) is 13.1. The summed E-state index contributed by atoms with van der Waals surface area (Å²) < 4.78 is 2.57. The third kappa shape index (κ3) is 3.97. The van der Waals surface area contributed by atoms with Crippen LogP contribution in [0.5, 0.6) is 0 Å². The summed E-state index contributed by atoms with van der Waals surface area (Å²) in [5.41, 5.74) is 10.0. The van der Waals surface area contributed by atoms with Crippen molar-refractivity contribution in [1.29, 1.82) is 0 Å². The largest absolute Gasteiger partial charge is 0.309 e. The molecule has 0 radical (unpaired) electrons. The summed E-state index contributed by atoms with van der Waals surface area (Å²) in [6, 6.07) is 58.9. The molecule has 0 saturated carbocycles. The number of para-hydroxylation sites is 2. The maximum atomic E-state index is 5.37. The summed E-state index contributed by atoms with van der Waals surface area (Å²) >= 11 is 1.83. The van der Waals surface area contributed by atoms with Gasteiger partial charge in [-0.2, -0.15) is 0 Å². The summed E-state index contributed by atoms with van der Waals surface area (Å²) in [4.78, 5) is 13.0. The van der Waals surface area contributed by atoms with Gasteiger partial charge in [-0.1, -0.05) is 121 Å². The van der Waals surface area contributed by atoms with Crippen LogP contribution in [0.3, 0.4) is 0 Å². The van der Waals surface area contributed by atoms with E-state index in [1.807, 2.05) is 11.3 Å². The first-order chi connectivity index (χ1) is 24.8. The van der Waals surface area contributed by atoms with Crippen LogP contribution < -0.4 is 4.90 Å². The lowest BCUT2D eigenvalue weighted by molar-refractivity contribution is 1.23. The fourth-order valence-corrected chi connectivity index (χ4v) is 9.13. The van der Waals surface area contributed by atoms with Gasteiger partial charge in [-0.25, -0.2) is 9.97 Å². The smallest absolute Gasteiger partial charge is 0.161 e. The molecule has 3 heterocycles. The van der Waals surface area contributed by atoms with Crippen LogP contribution in [-0.4, -0.2) is 9.97 Å². The standard InChI is InChI=1S/C46H27N3S/c1-2-14-31-30(13-1)36(25-26-40(31)49-39-20-7-4-15-32(39)35-18-9-11-28-12-10-21-41(49)44(28)35)46-47-38-19-6-3-17-37(38)45(48-46)29-23-24-34-33-16-5-8-22-42(33)50-43(34)27-29/h1-27H. The third-order valence-electron chi connectivity index (χ3n) is 10.2. The number of aromatic nitrogens is 2. The number of anilines is 3. The van der Waals surface area contributed by atoms with Crippen LogP contribution in [0.15, 0.2) is 164 Å². The molecule has 1 aliphatic heterocycles. The van der Waals surface area contributed by atoms with Crippen molar-refractivity contribution >= 4 is 81.0 Å². The molecule has 1 aliphatic rings. The van der Waals surface area contributed by atoms with Gasteiger partial charge >= 0.3 is 0 Å². The van der Waals surface area contributed by atoms with Crippen molar-refractivity contribution in [3.05, 3.63) is 164 Å². The molecule has 0 fully saturated rings. The fourth-order valence-electron chi connectivity index (χ4n) is 7.98. The molecule has 232 valence electrons. The first-order valence-corrected chi connectivity index (χ1v) is 17.7. The van der Waals surface area contributed by atoms with Crippen LogP contribution in [0.25, 0.3) is 86.4 Å². The second-order valence-corrected chi connectivity index (χ2v) is 14.0. The molecule has 0 N–H and O–H groups in total. The Morgan fingerprint density at radius 2 is 1.12 bits per heavy atom. The van der Waals surface area contributed by atoms with E-state index in [0.717, 1.165) is 50.0 Å². The van der Waals surface area contributed by atoms with Crippen LogP contribution >= 0.6 is 11.3 Å². The number of thiophene rings is 1. The average molecular weight is 654 g/mol. The quantitative estimate of drug-likeness (QED) is 0.190. The van der Waals surface area contributed by atoms with E-state index >= 15 is 0 Å². The molecule has 0 bridgehead atoms. The average Bonchev–Trinajstić information content (AvgIpc) is 3.55. The molecule has 0 spiro atoms. The number of benzene rings is 8. The number of rotatable bonds is 3. The maximum Gasteiger partial charge on any atom is 0.161 e. The fraction of sp³-hybridized carbons (Fsp3) is 0. The minimum atomic E-state index is 0.726. The van der Waals surface area contributed by atoms with Gasteiger partial charge in [-0.05, 0) is 58.8 Å². The molecule has 8 aromatic carbocycles. The maximum absolute atomic E-state index is 5.37. The molecule has 0 unspecified atom stereocenters. The minimum absolute atomic E-state index is 0.726. The molecule has 0 atom stereocenters. The molecule has 50 heavy (non-hydrogen) atoms. The highest BCUT2D eigenvalue weighted by Crippen LogP contribution is 2.52. The number of nitrogens with zero attached hydrogens (tertiary/aromatic N) is 3. The van der Waals surface area contributed by atoms with Crippen molar-refractivity contribution in [3.63, 3.8) is 0 Å². The molecule has 4 heteroatoms. The Hall–Kier alpha value is -6.36. The first kappa shape index (κ1) is 27.6. The van der Waals surface area contributed by atoms with Gasteiger partial charge in [-0.3, -0.25) is 0 Å². The highest BCUT2D eigenvalue weighted by Gasteiger charge is 2.27. The first-order valence-electron chi connectivity index (χ1n) is 16.9. The van der Waals surface area contributed by atoms with Gasteiger partial charge in [0.15, 0.2) is 5.82 Å². The molecular weight excluding hydrogens is 627 g/mol. The molecule has 10 aromatic rings. The van der Waals surface area contributed by atoms with E-state index in [1.165, 1.54) is 53.4 Å². The van der Waals surface area contributed by atoms with E-state index < -0.39 is 0 Å². The van der Waals surface area contributed by atoms with Gasteiger partial charge in [0.25, 0.3) is 0 Å². The van der Waals surface area contributed by atoms with Gasteiger partial charge in [-0.15, -0.1) is 11.3 Å². The summed E-state index contributed by atoms with van der Waals surface area (Å²) in [6.45, 7) is 0. The number of hydrogen-bond donors (Lipinski definition) is 0. The Morgan fingerprint density at radius 3 is 2.04 bits per heavy atom. The van der Waals surface area contributed by atoms with Crippen molar-refractivity contribution < 1.29 is 0 Å². The predicted molar refractivity (Wildman–Crippen MR) is 212 cm³/mol. The van der Waals surface area contributed by atoms with E-state index in [9.17, 15) is 0 Å². The Labute approximate surface area is 292 Å². The topological polar surface area (TPSA) is 29.0 Å². The van der Waals surface area contributed by atoms with Gasteiger partial charge in [0.2, 0.25) is 0 Å². The lowest BCUT2D eigenvalue weighted by Gasteiger charge is -2.34. The van der Waals surface area contributed by atoms with Gasteiger partial charge in [0.05, 0.1) is 28.3 Å². The summed E-state index contributed by atoms with van der Waals surface area (Å²) in [7, 11) is 0. The van der Waals surface area contributed by atoms with Crippen LogP contribution in [-0.2, 0) is 0 Å². The highest BCUT2D eigenvalue weighted by molar-refractivity contribution is 7.25. The van der Waals surface area contributed by atoms with Gasteiger partial charge in [0, 0.05) is 53.0 Å². The molecule has 0 saturated heterocycles. The van der Waals surface area contributed by atoms with Gasteiger partial charge in [0.1, 0.15) is 0 Å². The lowest BCUT2D eigenvalue weighted by atomic mass is 9.90.